The first-order valence-corrected chi connectivity index (χ1v) is 17.0. The van der Waals surface area contributed by atoms with Crippen LogP contribution in [0.5, 0.6) is 23.0 Å². The average molecular weight is 699 g/mol. The molecule has 10 nitrogen and oxygen atoms in total. The summed E-state index contributed by atoms with van der Waals surface area (Å²) in [4.78, 5) is 37.1. The van der Waals surface area contributed by atoms with Gasteiger partial charge < -0.3 is 33.2 Å². The van der Waals surface area contributed by atoms with Gasteiger partial charge in [-0.15, -0.1) is 0 Å². The zero-order valence-electron chi connectivity index (χ0n) is 30.0. The fraction of sp³-hybridized carbons (Fsp3) is 0.341. The number of hydrogen-bond acceptors (Lipinski definition) is 10. The molecule has 0 heterocycles. The molecule has 0 aliphatic rings. The summed E-state index contributed by atoms with van der Waals surface area (Å²) in [5.41, 5.74) is 2.65. The Bertz CT molecular complexity index is 1680. The van der Waals surface area contributed by atoms with E-state index in [-0.39, 0.29) is 42.6 Å². The van der Waals surface area contributed by atoms with Gasteiger partial charge in [-0.3, -0.25) is 4.79 Å². The minimum Gasteiger partial charge on any atom is -0.494 e. The van der Waals surface area contributed by atoms with E-state index in [1.54, 1.807) is 50.2 Å². The van der Waals surface area contributed by atoms with Gasteiger partial charge in [-0.25, -0.2) is 9.59 Å². The van der Waals surface area contributed by atoms with E-state index in [1.807, 2.05) is 64.1 Å². The minimum absolute atomic E-state index is 0.177. The summed E-state index contributed by atoms with van der Waals surface area (Å²) >= 11 is 0. The number of carbonyl (C=O) groups is 3. The minimum atomic E-state index is -0.553. The molecule has 3 atom stereocenters. The molecule has 0 fully saturated rings. The molecule has 10 heteroatoms. The summed E-state index contributed by atoms with van der Waals surface area (Å²) in [5, 5.41) is 0. The maximum atomic E-state index is 12.8. The Hall–Kier alpha value is -5.19. The van der Waals surface area contributed by atoms with Crippen LogP contribution in [-0.2, 0) is 19.0 Å². The highest BCUT2D eigenvalue weighted by Gasteiger charge is 2.15. The number of benzene rings is 4. The number of esters is 3. The van der Waals surface area contributed by atoms with E-state index in [2.05, 4.69) is 0 Å². The van der Waals surface area contributed by atoms with Crippen LogP contribution in [-0.4, -0.2) is 62.6 Å². The molecule has 4 rings (SSSR count). The third kappa shape index (κ3) is 12.6. The fourth-order valence-electron chi connectivity index (χ4n) is 4.61. The summed E-state index contributed by atoms with van der Waals surface area (Å²) in [6, 6.07) is 27.8. The molecule has 0 spiro atoms. The van der Waals surface area contributed by atoms with Gasteiger partial charge in [-0.1, -0.05) is 38.1 Å². The smallest absolute Gasteiger partial charge is 0.343 e. The van der Waals surface area contributed by atoms with Gasteiger partial charge in [0.2, 0.25) is 0 Å². The molecule has 0 bridgehead atoms. The second kappa shape index (κ2) is 19.3. The van der Waals surface area contributed by atoms with Crippen molar-refractivity contribution in [2.75, 3.05) is 26.4 Å². The van der Waals surface area contributed by atoms with Crippen molar-refractivity contribution >= 4 is 17.9 Å². The first-order valence-electron chi connectivity index (χ1n) is 17.0. The van der Waals surface area contributed by atoms with Crippen molar-refractivity contribution in [3.8, 4) is 34.1 Å². The van der Waals surface area contributed by atoms with Crippen molar-refractivity contribution in [2.24, 2.45) is 5.92 Å². The van der Waals surface area contributed by atoms with Crippen molar-refractivity contribution in [2.45, 2.75) is 59.9 Å². The van der Waals surface area contributed by atoms with Gasteiger partial charge in [-0.05, 0) is 112 Å². The summed E-state index contributed by atoms with van der Waals surface area (Å²) in [6.07, 6.45) is -0.694. The van der Waals surface area contributed by atoms with Crippen molar-refractivity contribution in [3.05, 3.63) is 108 Å². The maximum Gasteiger partial charge on any atom is 0.343 e. The molecular formula is C41H46O10. The van der Waals surface area contributed by atoms with Crippen LogP contribution in [0.25, 0.3) is 11.1 Å². The third-order valence-electron chi connectivity index (χ3n) is 7.45. The summed E-state index contributed by atoms with van der Waals surface area (Å²) in [5.74, 6) is 0.560. The van der Waals surface area contributed by atoms with Crippen LogP contribution in [0, 0.1) is 5.92 Å². The maximum absolute atomic E-state index is 12.8. The predicted molar refractivity (Wildman–Crippen MR) is 193 cm³/mol. The average Bonchev–Trinajstić information content (AvgIpc) is 3.13. The van der Waals surface area contributed by atoms with Gasteiger partial charge >= 0.3 is 17.9 Å². The number of carbonyl (C=O) groups excluding carboxylic acids is 3. The lowest BCUT2D eigenvalue weighted by molar-refractivity contribution is -0.152. The molecule has 0 aliphatic carbocycles. The first kappa shape index (κ1) is 38.6. The van der Waals surface area contributed by atoms with Gasteiger partial charge in [0, 0.05) is 0 Å². The second-order valence-electron chi connectivity index (χ2n) is 12.3. The SMILES string of the molecule is CCOc1ccc(-c2ccc(OC(=O)c3ccc(OC(=O)c4ccc(OC(C)COC(C)COC(C)COC(=O)C(C)C)cc4)cc3)cc2)cc1. The third-order valence-corrected chi connectivity index (χ3v) is 7.45. The van der Waals surface area contributed by atoms with Gasteiger partial charge in [0.05, 0.1) is 49.1 Å². The Balaban J connectivity index is 1.18. The molecular weight excluding hydrogens is 652 g/mol. The number of hydrogen-bond donors (Lipinski definition) is 0. The van der Waals surface area contributed by atoms with Gasteiger partial charge in [0.15, 0.2) is 0 Å². The van der Waals surface area contributed by atoms with Crippen molar-refractivity contribution in [1.82, 2.24) is 0 Å². The van der Waals surface area contributed by atoms with E-state index in [0.29, 0.717) is 42.4 Å². The Morgan fingerprint density at radius 1 is 0.510 bits per heavy atom. The van der Waals surface area contributed by atoms with Crippen LogP contribution >= 0.6 is 0 Å². The van der Waals surface area contributed by atoms with E-state index >= 15 is 0 Å². The number of ether oxygens (including phenoxy) is 7. The van der Waals surface area contributed by atoms with Crippen molar-refractivity contribution in [1.29, 1.82) is 0 Å². The van der Waals surface area contributed by atoms with E-state index in [0.717, 1.165) is 16.9 Å². The fourth-order valence-corrected chi connectivity index (χ4v) is 4.61. The molecule has 270 valence electrons. The quantitative estimate of drug-likeness (QED) is 0.0749. The van der Waals surface area contributed by atoms with Crippen LogP contribution in [0.2, 0.25) is 0 Å². The Morgan fingerprint density at radius 3 is 1.39 bits per heavy atom. The summed E-state index contributed by atoms with van der Waals surface area (Å²) in [6.45, 7) is 12.6. The van der Waals surface area contributed by atoms with Crippen LogP contribution in [0.1, 0.15) is 62.3 Å². The van der Waals surface area contributed by atoms with Crippen molar-refractivity contribution < 1.29 is 47.5 Å². The lowest BCUT2D eigenvalue weighted by Gasteiger charge is -2.20. The Kier molecular flexibility index (Phi) is 14.6. The van der Waals surface area contributed by atoms with E-state index < -0.39 is 11.9 Å². The summed E-state index contributed by atoms with van der Waals surface area (Å²) in [7, 11) is 0. The van der Waals surface area contributed by atoms with Crippen LogP contribution in [0.15, 0.2) is 97.1 Å². The molecule has 0 radical (unpaired) electrons. The van der Waals surface area contributed by atoms with Gasteiger partial charge in [-0.2, -0.15) is 0 Å². The lowest BCUT2D eigenvalue weighted by Crippen LogP contribution is -2.28. The Labute approximate surface area is 299 Å². The van der Waals surface area contributed by atoms with Crippen LogP contribution in [0.4, 0.5) is 0 Å². The topological polar surface area (TPSA) is 116 Å². The van der Waals surface area contributed by atoms with E-state index in [4.69, 9.17) is 33.2 Å². The standard InChI is InChI=1S/C41H46O10/c1-7-45-35-16-8-31(9-17-35)32-10-18-37(19-11-32)50-41(44)34-14-22-38(23-15-34)51-40(43)33-12-20-36(21-13-33)49-30(6)26-47-28(4)24-46-29(5)25-48-39(42)27(2)3/h8-23,27-30H,7,24-26H2,1-6H3. The molecule has 0 amide bonds. The molecule has 3 unspecified atom stereocenters. The van der Waals surface area contributed by atoms with E-state index in [9.17, 15) is 14.4 Å². The highest BCUT2D eigenvalue weighted by molar-refractivity contribution is 5.92. The zero-order valence-corrected chi connectivity index (χ0v) is 30.0. The van der Waals surface area contributed by atoms with Crippen molar-refractivity contribution in [3.63, 3.8) is 0 Å². The molecule has 0 aliphatic heterocycles. The largest absolute Gasteiger partial charge is 0.494 e. The molecule has 51 heavy (non-hydrogen) atoms. The lowest BCUT2D eigenvalue weighted by atomic mass is 10.1. The van der Waals surface area contributed by atoms with Crippen LogP contribution in [0.3, 0.4) is 0 Å². The predicted octanol–water partition coefficient (Wildman–Crippen LogP) is 7.97. The summed E-state index contributed by atoms with van der Waals surface area (Å²) < 4.78 is 39.2. The highest BCUT2D eigenvalue weighted by atomic mass is 16.6. The second-order valence-corrected chi connectivity index (χ2v) is 12.3. The molecule has 4 aromatic rings. The molecule has 0 saturated heterocycles. The monoisotopic (exact) mass is 698 g/mol. The van der Waals surface area contributed by atoms with Gasteiger partial charge in [0.1, 0.15) is 35.7 Å². The number of rotatable bonds is 18. The normalized spacial score (nSPS) is 12.8. The molecule has 4 aromatic carbocycles. The van der Waals surface area contributed by atoms with Crippen LogP contribution < -0.4 is 18.9 Å². The Morgan fingerprint density at radius 2 is 0.922 bits per heavy atom. The first-order chi connectivity index (χ1) is 24.5. The molecule has 0 saturated carbocycles. The highest BCUT2D eigenvalue weighted by Crippen LogP contribution is 2.25. The zero-order chi connectivity index (χ0) is 36.8. The molecule has 0 N–H and O–H groups in total. The van der Waals surface area contributed by atoms with Gasteiger partial charge in [0.25, 0.3) is 0 Å². The molecule has 0 aromatic heterocycles. The van der Waals surface area contributed by atoms with E-state index in [1.165, 1.54) is 24.3 Å².